The molecule has 1 heterocycles. The van der Waals surface area contributed by atoms with Gasteiger partial charge in [0.15, 0.2) is 5.82 Å². The molecule has 24 heavy (non-hydrogen) atoms. The molecule has 6 heteroatoms. The molecule has 3 aromatic rings. The molecule has 0 aliphatic carbocycles. The molecule has 0 amide bonds. The molecule has 0 aliphatic rings. The Morgan fingerprint density at radius 3 is 2.71 bits per heavy atom. The molecule has 0 unspecified atom stereocenters. The lowest BCUT2D eigenvalue weighted by molar-refractivity contribution is 0.843. The predicted octanol–water partition coefficient (Wildman–Crippen LogP) is 4.42. The van der Waals surface area contributed by atoms with Gasteiger partial charge < -0.3 is 10.6 Å². The van der Waals surface area contributed by atoms with Crippen molar-refractivity contribution in [2.24, 2.45) is 0 Å². The second-order valence-corrected chi connectivity index (χ2v) is 6.23. The summed E-state index contributed by atoms with van der Waals surface area (Å²) in [5.41, 5.74) is 2.28. The molecule has 2 N–H and O–H groups in total. The van der Waals surface area contributed by atoms with E-state index in [1.807, 2.05) is 30.3 Å². The van der Waals surface area contributed by atoms with Gasteiger partial charge in [0.25, 0.3) is 0 Å². The van der Waals surface area contributed by atoms with E-state index in [9.17, 15) is 0 Å². The van der Waals surface area contributed by atoms with Crippen molar-refractivity contribution in [3.63, 3.8) is 0 Å². The van der Waals surface area contributed by atoms with E-state index in [4.69, 9.17) is 0 Å². The van der Waals surface area contributed by atoms with Gasteiger partial charge in [-0.25, -0.2) is 0 Å². The third kappa shape index (κ3) is 5.03. The van der Waals surface area contributed by atoms with Crippen molar-refractivity contribution in [2.45, 2.75) is 12.8 Å². The van der Waals surface area contributed by atoms with Crippen LogP contribution in [0.1, 0.15) is 12.0 Å². The molecule has 0 saturated carbocycles. The molecule has 0 spiro atoms. The van der Waals surface area contributed by atoms with Gasteiger partial charge in [0.05, 0.1) is 6.20 Å². The Morgan fingerprint density at radius 2 is 1.88 bits per heavy atom. The number of nitrogens with one attached hydrogen (secondary N) is 2. The monoisotopic (exact) mass is 383 g/mol. The fourth-order valence-electron chi connectivity index (χ4n) is 2.29. The average molecular weight is 384 g/mol. The number of benzene rings is 2. The molecular formula is C18H18BrN5. The SMILES string of the molecule is Brc1cccc(Nc2cnnc(NCCCc3ccccc3)n2)c1. The number of hydrogen-bond donors (Lipinski definition) is 2. The number of aryl methyl sites for hydroxylation is 1. The largest absolute Gasteiger partial charge is 0.353 e. The number of hydrogen-bond acceptors (Lipinski definition) is 5. The lowest BCUT2D eigenvalue weighted by Crippen LogP contribution is -2.08. The first-order valence-corrected chi connectivity index (χ1v) is 8.59. The zero-order valence-corrected chi connectivity index (χ0v) is 14.7. The van der Waals surface area contributed by atoms with Crippen LogP contribution in [0.3, 0.4) is 0 Å². The first-order chi connectivity index (χ1) is 11.8. The van der Waals surface area contributed by atoms with Gasteiger partial charge in [0.2, 0.25) is 5.95 Å². The van der Waals surface area contributed by atoms with Crippen molar-refractivity contribution in [2.75, 3.05) is 17.2 Å². The van der Waals surface area contributed by atoms with Crippen molar-refractivity contribution in [1.82, 2.24) is 15.2 Å². The van der Waals surface area contributed by atoms with Crippen LogP contribution in [0.25, 0.3) is 0 Å². The van der Waals surface area contributed by atoms with E-state index in [1.54, 1.807) is 6.20 Å². The Bertz CT molecular complexity index is 779. The fourth-order valence-corrected chi connectivity index (χ4v) is 2.69. The van der Waals surface area contributed by atoms with E-state index in [1.165, 1.54) is 5.56 Å². The second kappa shape index (κ2) is 8.40. The molecule has 0 saturated heterocycles. The van der Waals surface area contributed by atoms with E-state index in [0.717, 1.165) is 29.5 Å². The summed E-state index contributed by atoms with van der Waals surface area (Å²) in [7, 11) is 0. The average Bonchev–Trinajstić information content (AvgIpc) is 2.60. The normalized spacial score (nSPS) is 10.4. The first-order valence-electron chi connectivity index (χ1n) is 7.80. The summed E-state index contributed by atoms with van der Waals surface area (Å²) in [6, 6.07) is 18.3. The summed E-state index contributed by atoms with van der Waals surface area (Å²) in [5.74, 6) is 1.19. The van der Waals surface area contributed by atoms with Crippen molar-refractivity contribution in [3.8, 4) is 0 Å². The molecule has 0 radical (unpaired) electrons. The smallest absolute Gasteiger partial charge is 0.244 e. The number of halogens is 1. The third-order valence-corrected chi connectivity index (χ3v) is 3.92. The van der Waals surface area contributed by atoms with Crippen molar-refractivity contribution in [1.29, 1.82) is 0 Å². The minimum atomic E-state index is 0.531. The summed E-state index contributed by atoms with van der Waals surface area (Å²) in [5, 5.41) is 14.4. The van der Waals surface area contributed by atoms with Crippen LogP contribution in [0, 0.1) is 0 Å². The highest BCUT2D eigenvalue weighted by atomic mass is 79.9. The standard InChI is InChI=1S/C18H18BrN5/c19-15-9-4-10-16(12-15)22-17-13-21-24-18(23-17)20-11-5-8-14-6-2-1-3-7-14/h1-4,6-7,9-10,12-13H,5,8,11H2,(H2,20,22,23,24). The number of nitrogens with zero attached hydrogens (tertiary/aromatic N) is 3. The Labute approximate surface area is 149 Å². The third-order valence-electron chi connectivity index (χ3n) is 3.42. The summed E-state index contributed by atoms with van der Waals surface area (Å²) in [4.78, 5) is 4.43. The summed E-state index contributed by atoms with van der Waals surface area (Å²) < 4.78 is 1.01. The molecule has 0 bridgehead atoms. The summed E-state index contributed by atoms with van der Waals surface area (Å²) >= 11 is 3.45. The van der Waals surface area contributed by atoms with Crippen molar-refractivity contribution >= 4 is 33.4 Å². The maximum Gasteiger partial charge on any atom is 0.244 e. The zero-order valence-electron chi connectivity index (χ0n) is 13.1. The molecule has 3 rings (SSSR count). The van der Waals surface area contributed by atoms with E-state index >= 15 is 0 Å². The van der Waals surface area contributed by atoms with Gasteiger partial charge in [-0.3, -0.25) is 0 Å². The maximum absolute atomic E-state index is 4.43. The van der Waals surface area contributed by atoms with Gasteiger partial charge in [-0.2, -0.15) is 10.1 Å². The van der Waals surface area contributed by atoms with Crippen LogP contribution in [0.4, 0.5) is 17.5 Å². The quantitative estimate of drug-likeness (QED) is 0.591. The highest BCUT2D eigenvalue weighted by Crippen LogP contribution is 2.19. The van der Waals surface area contributed by atoms with Gasteiger partial charge in [-0.05, 0) is 36.6 Å². The summed E-state index contributed by atoms with van der Waals surface area (Å²) in [6.45, 7) is 0.802. The minimum Gasteiger partial charge on any atom is -0.353 e. The van der Waals surface area contributed by atoms with E-state index in [-0.39, 0.29) is 0 Å². The Hall–Kier alpha value is -2.47. The minimum absolute atomic E-state index is 0.531. The zero-order chi connectivity index (χ0) is 16.6. The lowest BCUT2D eigenvalue weighted by Gasteiger charge is -2.08. The molecular weight excluding hydrogens is 366 g/mol. The van der Waals surface area contributed by atoms with Gasteiger partial charge >= 0.3 is 0 Å². The molecule has 2 aromatic carbocycles. The number of anilines is 3. The van der Waals surface area contributed by atoms with Crippen LogP contribution >= 0.6 is 15.9 Å². The van der Waals surface area contributed by atoms with E-state index in [2.05, 4.69) is 66.0 Å². The maximum atomic E-state index is 4.43. The second-order valence-electron chi connectivity index (χ2n) is 5.32. The molecule has 1 aromatic heterocycles. The van der Waals surface area contributed by atoms with Crippen LogP contribution in [0.5, 0.6) is 0 Å². The summed E-state index contributed by atoms with van der Waals surface area (Å²) in [6.07, 6.45) is 3.64. The molecule has 0 aliphatic heterocycles. The lowest BCUT2D eigenvalue weighted by atomic mass is 10.1. The van der Waals surface area contributed by atoms with Gasteiger partial charge in [-0.1, -0.05) is 52.3 Å². The van der Waals surface area contributed by atoms with Gasteiger partial charge in [-0.15, -0.1) is 5.10 Å². The van der Waals surface area contributed by atoms with Crippen LogP contribution < -0.4 is 10.6 Å². The number of aromatic nitrogens is 3. The molecule has 122 valence electrons. The Kier molecular flexibility index (Phi) is 5.74. The van der Waals surface area contributed by atoms with Crippen molar-refractivity contribution in [3.05, 3.63) is 70.8 Å². The fraction of sp³-hybridized carbons (Fsp3) is 0.167. The number of rotatable bonds is 7. The van der Waals surface area contributed by atoms with Gasteiger partial charge in [0, 0.05) is 16.7 Å². The highest BCUT2D eigenvalue weighted by molar-refractivity contribution is 9.10. The Morgan fingerprint density at radius 1 is 1.00 bits per heavy atom. The van der Waals surface area contributed by atoms with Gasteiger partial charge in [0.1, 0.15) is 0 Å². The highest BCUT2D eigenvalue weighted by Gasteiger charge is 2.01. The van der Waals surface area contributed by atoms with Crippen LogP contribution in [-0.2, 0) is 6.42 Å². The molecule has 0 fully saturated rings. The van der Waals surface area contributed by atoms with Crippen molar-refractivity contribution < 1.29 is 0 Å². The first kappa shape index (κ1) is 16.4. The topological polar surface area (TPSA) is 62.7 Å². The van der Waals surface area contributed by atoms with Crippen LogP contribution in [-0.4, -0.2) is 21.7 Å². The molecule has 0 atom stereocenters. The Balaban J connectivity index is 1.51. The van der Waals surface area contributed by atoms with E-state index < -0.39 is 0 Å². The van der Waals surface area contributed by atoms with E-state index in [0.29, 0.717) is 11.8 Å². The molecule has 5 nitrogen and oxygen atoms in total. The van der Waals surface area contributed by atoms with Crippen LogP contribution in [0.2, 0.25) is 0 Å². The van der Waals surface area contributed by atoms with Crippen LogP contribution in [0.15, 0.2) is 65.3 Å². The predicted molar refractivity (Wildman–Crippen MR) is 101 cm³/mol.